The Morgan fingerprint density at radius 1 is 1.36 bits per heavy atom. The Morgan fingerprint density at radius 3 is 2.50 bits per heavy atom. The fraction of sp³-hybridized carbons (Fsp3) is 0.900. The SMILES string of the molecule is CSCC(C)NC(=O)CCNC(C)C. The van der Waals surface area contributed by atoms with Crippen molar-refractivity contribution in [3.63, 3.8) is 0 Å². The molecule has 0 spiro atoms. The average Bonchev–Trinajstić information content (AvgIpc) is 2.03. The fourth-order valence-corrected chi connectivity index (χ4v) is 1.70. The number of hydrogen-bond acceptors (Lipinski definition) is 3. The van der Waals surface area contributed by atoms with Crippen molar-refractivity contribution in [2.75, 3.05) is 18.6 Å². The summed E-state index contributed by atoms with van der Waals surface area (Å²) >= 11 is 1.75. The van der Waals surface area contributed by atoms with E-state index in [0.29, 0.717) is 12.5 Å². The second-order valence-electron chi connectivity index (χ2n) is 3.78. The summed E-state index contributed by atoms with van der Waals surface area (Å²) in [6.07, 6.45) is 2.61. The van der Waals surface area contributed by atoms with Crippen molar-refractivity contribution in [1.29, 1.82) is 0 Å². The van der Waals surface area contributed by atoms with Gasteiger partial charge >= 0.3 is 0 Å². The molecule has 0 saturated carbocycles. The number of amides is 1. The molecule has 0 bridgehead atoms. The molecular weight excluding hydrogens is 196 g/mol. The molecule has 4 heteroatoms. The molecule has 0 fully saturated rings. The highest BCUT2D eigenvalue weighted by Crippen LogP contribution is 1.96. The molecule has 14 heavy (non-hydrogen) atoms. The molecule has 0 aromatic heterocycles. The summed E-state index contributed by atoms with van der Waals surface area (Å²) in [6.45, 7) is 6.95. The van der Waals surface area contributed by atoms with Gasteiger partial charge in [0.2, 0.25) is 5.91 Å². The number of rotatable bonds is 7. The third kappa shape index (κ3) is 8.38. The zero-order chi connectivity index (χ0) is 11.0. The maximum Gasteiger partial charge on any atom is 0.221 e. The normalized spacial score (nSPS) is 12.9. The topological polar surface area (TPSA) is 41.1 Å². The summed E-state index contributed by atoms with van der Waals surface area (Å²) < 4.78 is 0. The summed E-state index contributed by atoms with van der Waals surface area (Å²) in [5.41, 5.74) is 0. The minimum atomic E-state index is 0.139. The molecule has 1 atom stereocenters. The molecule has 84 valence electrons. The van der Waals surface area contributed by atoms with Gasteiger partial charge < -0.3 is 10.6 Å². The first-order valence-corrected chi connectivity index (χ1v) is 6.47. The zero-order valence-corrected chi connectivity index (χ0v) is 10.4. The molecule has 0 aliphatic carbocycles. The van der Waals surface area contributed by atoms with Crippen LogP contribution in [0.3, 0.4) is 0 Å². The Morgan fingerprint density at radius 2 is 2.00 bits per heavy atom. The fourth-order valence-electron chi connectivity index (χ4n) is 1.11. The van der Waals surface area contributed by atoms with Gasteiger partial charge in [-0.3, -0.25) is 4.79 Å². The first-order chi connectivity index (χ1) is 6.56. The summed E-state index contributed by atoms with van der Waals surface area (Å²) in [5, 5.41) is 6.17. The Kier molecular flexibility index (Phi) is 7.99. The van der Waals surface area contributed by atoms with E-state index in [4.69, 9.17) is 0 Å². The van der Waals surface area contributed by atoms with Crippen molar-refractivity contribution in [2.45, 2.75) is 39.3 Å². The van der Waals surface area contributed by atoms with E-state index in [9.17, 15) is 4.79 Å². The Balaban J connectivity index is 3.45. The standard InChI is InChI=1S/C10H22N2OS/c1-8(2)11-6-5-10(13)12-9(3)7-14-4/h8-9,11H,5-7H2,1-4H3,(H,12,13). The molecule has 0 aromatic carbocycles. The summed E-state index contributed by atoms with van der Waals surface area (Å²) in [5.74, 6) is 1.11. The van der Waals surface area contributed by atoms with E-state index in [1.165, 1.54) is 0 Å². The highest BCUT2D eigenvalue weighted by molar-refractivity contribution is 7.98. The maximum absolute atomic E-state index is 11.3. The van der Waals surface area contributed by atoms with Gasteiger partial charge in [0.05, 0.1) is 0 Å². The van der Waals surface area contributed by atoms with Crippen molar-refractivity contribution < 1.29 is 4.79 Å². The van der Waals surface area contributed by atoms with Crippen LogP contribution in [0.4, 0.5) is 0 Å². The smallest absolute Gasteiger partial charge is 0.221 e. The molecule has 0 aliphatic rings. The monoisotopic (exact) mass is 218 g/mol. The van der Waals surface area contributed by atoms with E-state index < -0.39 is 0 Å². The van der Waals surface area contributed by atoms with Crippen LogP contribution in [0.1, 0.15) is 27.2 Å². The highest BCUT2D eigenvalue weighted by Gasteiger charge is 2.05. The predicted molar refractivity (Wildman–Crippen MR) is 63.7 cm³/mol. The number of carbonyl (C=O) groups is 1. The summed E-state index contributed by atoms with van der Waals surface area (Å²) in [4.78, 5) is 11.3. The van der Waals surface area contributed by atoms with E-state index in [2.05, 4.69) is 24.5 Å². The van der Waals surface area contributed by atoms with Crippen LogP contribution in [0.5, 0.6) is 0 Å². The highest BCUT2D eigenvalue weighted by atomic mass is 32.2. The van der Waals surface area contributed by atoms with E-state index in [1.807, 2.05) is 13.2 Å². The van der Waals surface area contributed by atoms with Crippen molar-refractivity contribution in [3.8, 4) is 0 Å². The quantitative estimate of drug-likeness (QED) is 0.675. The van der Waals surface area contributed by atoms with Crippen LogP contribution < -0.4 is 10.6 Å². The third-order valence-corrected chi connectivity index (χ3v) is 2.56. The lowest BCUT2D eigenvalue weighted by atomic mass is 10.3. The van der Waals surface area contributed by atoms with Crippen LogP contribution in [-0.2, 0) is 4.79 Å². The molecule has 0 aliphatic heterocycles. The van der Waals surface area contributed by atoms with Gasteiger partial charge in [0.25, 0.3) is 0 Å². The molecular formula is C10H22N2OS. The van der Waals surface area contributed by atoms with Crippen LogP contribution in [-0.4, -0.2) is 36.5 Å². The molecule has 1 amide bonds. The van der Waals surface area contributed by atoms with Crippen molar-refractivity contribution in [1.82, 2.24) is 10.6 Å². The van der Waals surface area contributed by atoms with Crippen LogP contribution >= 0.6 is 11.8 Å². The van der Waals surface area contributed by atoms with Crippen LogP contribution in [0.25, 0.3) is 0 Å². The number of nitrogens with one attached hydrogen (secondary N) is 2. The number of hydrogen-bond donors (Lipinski definition) is 2. The van der Waals surface area contributed by atoms with Gasteiger partial charge in [-0.15, -0.1) is 0 Å². The van der Waals surface area contributed by atoms with Gasteiger partial charge in [0.15, 0.2) is 0 Å². The van der Waals surface area contributed by atoms with Crippen LogP contribution in [0.15, 0.2) is 0 Å². The van der Waals surface area contributed by atoms with Crippen molar-refractivity contribution in [3.05, 3.63) is 0 Å². The Bertz CT molecular complexity index is 162. The first kappa shape index (κ1) is 13.8. The molecule has 1 unspecified atom stereocenters. The van der Waals surface area contributed by atoms with Crippen LogP contribution in [0, 0.1) is 0 Å². The third-order valence-electron chi connectivity index (χ3n) is 1.73. The lowest BCUT2D eigenvalue weighted by molar-refractivity contribution is -0.121. The largest absolute Gasteiger partial charge is 0.353 e. The van der Waals surface area contributed by atoms with Gasteiger partial charge in [-0.1, -0.05) is 13.8 Å². The minimum Gasteiger partial charge on any atom is -0.353 e. The van der Waals surface area contributed by atoms with Crippen molar-refractivity contribution in [2.24, 2.45) is 0 Å². The van der Waals surface area contributed by atoms with Gasteiger partial charge in [0.1, 0.15) is 0 Å². The van der Waals surface area contributed by atoms with E-state index in [0.717, 1.165) is 12.3 Å². The molecule has 0 radical (unpaired) electrons. The molecule has 0 heterocycles. The van der Waals surface area contributed by atoms with Gasteiger partial charge in [0, 0.05) is 30.8 Å². The van der Waals surface area contributed by atoms with Gasteiger partial charge in [-0.2, -0.15) is 11.8 Å². The molecule has 0 rings (SSSR count). The summed E-state index contributed by atoms with van der Waals surface area (Å²) in [7, 11) is 0. The summed E-state index contributed by atoms with van der Waals surface area (Å²) in [6, 6.07) is 0.725. The predicted octanol–water partition coefficient (Wildman–Crippen LogP) is 1.24. The Labute approximate surface area is 91.4 Å². The second-order valence-corrected chi connectivity index (χ2v) is 4.69. The maximum atomic E-state index is 11.3. The number of thioether (sulfide) groups is 1. The zero-order valence-electron chi connectivity index (χ0n) is 9.59. The Hall–Kier alpha value is -0.220. The molecule has 3 nitrogen and oxygen atoms in total. The average molecular weight is 218 g/mol. The van der Waals surface area contributed by atoms with Gasteiger partial charge in [-0.25, -0.2) is 0 Å². The van der Waals surface area contributed by atoms with E-state index in [1.54, 1.807) is 11.8 Å². The first-order valence-electron chi connectivity index (χ1n) is 5.08. The van der Waals surface area contributed by atoms with E-state index >= 15 is 0 Å². The second kappa shape index (κ2) is 8.12. The molecule has 0 aromatic rings. The van der Waals surface area contributed by atoms with Crippen LogP contribution in [0.2, 0.25) is 0 Å². The van der Waals surface area contributed by atoms with Crippen molar-refractivity contribution >= 4 is 17.7 Å². The minimum absolute atomic E-state index is 0.139. The lowest BCUT2D eigenvalue weighted by Crippen LogP contribution is -2.36. The van der Waals surface area contributed by atoms with Gasteiger partial charge in [-0.05, 0) is 13.2 Å². The molecule has 0 saturated heterocycles. The number of carbonyl (C=O) groups excluding carboxylic acids is 1. The lowest BCUT2D eigenvalue weighted by Gasteiger charge is -2.13. The molecule has 2 N–H and O–H groups in total. The van der Waals surface area contributed by atoms with E-state index in [-0.39, 0.29) is 11.9 Å².